The van der Waals surface area contributed by atoms with E-state index in [4.69, 9.17) is 18.6 Å². The molecule has 1 aliphatic rings. The number of carbonyl (C=O) groups is 1. The van der Waals surface area contributed by atoms with Crippen molar-refractivity contribution in [3.05, 3.63) is 24.0 Å². The Morgan fingerprint density at radius 1 is 1.22 bits per heavy atom. The van der Waals surface area contributed by atoms with Crippen molar-refractivity contribution < 1.29 is 23.4 Å². The number of morpholine rings is 1. The van der Waals surface area contributed by atoms with Gasteiger partial charge in [-0.1, -0.05) is 0 Å². The van der Waals surface area contributed by atoms with Crippen molar-refractivity contribution in [3.63, 3.8) is 0 Å². The molecular formula is C20H28N2O5. The van der Waals surface area contributed by atoms with E-state index in [0.29, 0.717) is 37.7 Å². The van der Waals surface area contributed by atoms with Gasteiger partial charge in [-0.15, -0.1) is 0 Å². The predicted molar refractivity (Wildman–Crippen MR) is 104 cm³/mol. The van der Waals surface area contributed by atoms with Crippen LogP contribution in [0.4, 0.5) is 5.69 Å². The molecule has 1 aromatic heterocycles. The highest BCUT2D eigenvalue weighted by Gasteiger charge is 2.20. The number of anilines is 1. The zero-order chi connectivity index (χ0) is 19.4. The van der Waals surface area contributed by atoms with Gasteiger partial charge in [-0.3, -0.25) is 0 Å². The van der Waals surface area contributed by atoms with Gasteiger partial charge in [0.25, 0.3) is 0 Å². The van der Waals surface area contributed by atoms with Crippen LogP contribution in [0.3, 0.4) is 0 Å². The summed E-state index contributed by atoms with van der Waals surface area (Å²) in [6.07, 6.45) is 0.0125. The lowest BCUT2D eigenvalue weighted by atomic mass is 10.2. The number of benzene rings is 1. The van der Waals surface area contributed by atoms with E-state index in [0.717, 1.165) is 24.2 Å². The van der Waals surface area contributed by atoms with E-state index in [9.17, 15) is 4.79 Å². The van der Waals surface area contributed by atoms with Crippen molar-refractivity contribution in [2.24, 2.45) is 0 Å². The van der Waals surface area contributed by atoms with Crippen LogP contribution >= 0.6 is 0 Å². The molecule has 2 heterocycles. The molecule has 0 spiro atoms. The van der Waals surface area contributed by atoms with E-state index in [-0.39, 0.29) is 11.9 Å². The summed E-state index contributed by atoms with van der Waals surface area (Å²) in [7, 11) is 3.86. The first-order valence-corrected chi connectivity index (χ1v) is 9.33. The average molecular weight is 376 g/mol. The lowest BCUT2D eigenvalue weighted by Gasteiger charge is -2.29. The predicted octanol–water partition coefficient (Wildman–Crippen LogP) is 2.78. The van der Waals surface area contributed by atoms with Gasteiger partial charge in [0.15, 0.2) is 0 Å². The molecule has 1 aliphatic heterocycles. The highest BCUT2D eigenvalue weighted by Crippen LogP contribution is 2.35. The van der Waals surface area contributed by atoms with Crippen LogP contribution in [-0.4, -0.2) is 70.5 Å². The highest BCUT2D eigenvalue weighted by atomic mass is 16.5. The van der Waals surface area contributed by atoms with Crippen molar-refractivity contribution in [2.75, 3.05) is 58.5 Å². The molecule has 2 aromatic rings. The molecule has 7 heteroatoms. The van der Waals surface area contributed by atoms with Crippen molar-refractivity contribution >= 4 is 22.6 Å². The maximum atomic E-state index is 12.3. The number of fused-ring (bicyclic) bond motifs is 1. The molecule has 7 nitrogen and oxygen atoms in total. The Morgan fingerprint density at radius 3 is 2.63 bits per heavy atom. The number of likely N-dealkylation sites (N-methyl/N-ethyl adjacent to an activating group) is 1. The van der Waals surface area contributed by atoms with Crippen molar-refractivity contribution in [1.82, 2.24) is 4.90 Å². The van der Waals surface area contributed by atoms with Gasteiger partial charge in [0.2, 0.25) is 5.76 Å². The van der Waals surface area contributed by atoms with Crippen LogP contribution in [0.15, 0.2) is 22.6 Å². The average Bonchev–Trinajstić information content (AvgIpc) is 3.06. The molecule has 3 rings (SSSR count). The van der Waals surface area contributed by atoms with E-state index >= 15 is 0 Å². The van der Waals surface area contributed by atoms with E-state index in [2.05, 4.69) is 4.90 Å². The minimum Gasteiger partial charge on any atom is -0.490 e. The maximum Gasteiger partial charge on any atom is 0.374 e. The summed E-state index contributed by atoms with van der Waals surface area (Å²) < 4.78 is 22.5. The molecule has 148 valence electrons. The lowest BCUT2D eigenvalue weighted by molar-refractivity contribution is 0.0448. The van der Waals surface area contributed by atoms with Gasteiger partial charge in [0.05, 0.1) is 24.7 Å². The number of carbonyl (C=O) groups excluding carboxylic acids is 1. The van der Waals surface area contributed by atoms with E-state index in [1.54, 1.807) is 6.07 Å². The van der Waals surface area contributed by atoms with Gasteiger partial charge in [0.1, 0.15) is 17.9 Å². The first kappa shape index (κ1) is 19.5. The summed E-state index contributed by atoms with van der Waals surface area (Å²) in [4.78, 5) is 16.5. The second-order valence-electron chi connectivity index (χ2n) is 7.17. The molecule has 1 saturated heterocycles. The van der Waals surface area contributed by atoms with Crippen molar-refractivity contribution in [2.45, 2.75) is 20.0 Å². The van der Waals surface area contributed by atoms with Gasteiger partial charge in [-0.05, 0) is 27.9 Å². The zero-order valence-corrected chi connectivity index (χ0v) is 16.5. The smallest absolute Gasteiger partial charge is 0.374 e. The zero-order valence-electron chi connectivity index (χ0n) is 16.5. The molecule has 0 unspecified atom stereocenters. The molecule has 0 N–H and O–H groups in total. The van der Waals surface area contributed by atoms with Crippen LogP contribution in [0.2, 0.25) is 0 Å². The number of esters is 1. The molecule has 0 saturated carbocycles. The molecular weight excluding hydrogens is 348 g/mol. The van der Waals surface area contributed by atoms with Gasteiger partial charge < -0.3 is 28.4 Å². The van der Waals surface area contributed by atoms with Crippen LogP contribution in [-0.2, 0) is 9.47 Å². The Hall–Kier alpha value is -2.25. The number of hydrogen-bond acceptors (Lipinski definition) is 7. The summed E-state index contributed by atoms with van der Waals surface area (Å²) in [6, 6.07) is 5.66. The second-order valence-corrected chi connectivity index (χ2v) is 7.17. The van der Waals surface area contributed by atoms with Crippen LogP contribution in [0, 0.1) is 0 Å². The van der Waals surface area contributed by atoms with Crippen LogP contribution in [0.25, 0.3) is 11.0 Å². The van der Waals surface area contributed by atoms with Crippen molar-refractivity contribution in [3.8, 4) is 5.75 Å². The third kappa shape index (κ3) is 4.93. The largest absolute Gasteiger partial charge is 0.490 e. The number of hydrogen-bond donors (Lipinski definition) is 0. The molecule has 0 atom stereocenters. The van der Waals surface area contributed by atoms with Crippen LogP contribution in [0.5, 0.6) is 5.75 Å². The molecule has 27 heavy (non-hydrogen) atoms. The summed E-state index contributed by atoms with van der Waals surface area (Å²) >= 11 is 0. The first-order chi connectivity index (χ1) is 12.9. The summed E-state index contributed by atoms with van der Waals surface area (Å²) in [5, 5.41) is 0.778. The quantitative estimate of drug-likeness (QED) is 0.689. The summed E-state index contributed by atoms with van der Waals surface area (Å²) in [6.45, 7) is 7.94. The Bertz CT molecular complexity index is 778. The number of rotatable bonds is 7. The standard InChI is InChI=1S/C20H28N2O5/c1-14(2)26-17-11-15(22-6-8-24-9-7-22)12-18-16(17)13-19(27-18)20(23)25-10-5-21(3)4/h11-14H,5-10H2,1-4H3. The van der Waals surface area contributed by atoms with Gasteiger partial charge in [0, 0.05) is 43.5 Å². The Kier molecular flexibility index (Phi) is 6.23. The fourth-order valence-electron chi connectivity index (χ4n) is 2.94. The Morgan fingerprint density at radius 2 is 1.96 bits per heavy atom. The number of nitrogens with zero attached hydrogens (tertiary/aromatic N) is 2. The third-order valence-corrected chi connectivity index (χ3v) is 4.30. The fourth-order valence-corrected chi connectivity index (χ4v) is 2.94. The van der Waals surface area contributed by atoms with Gasteiger partial charge in [-0.25, -0.2) is 4.79 Å². The summed E-state index contributed by atoms with van der Waals surface area (Å²) in [5.74, 6) is 0.438. The molecule has 0 radical (unpaired) electrons. The fraction of sp³-hybridized carbons (Fsp3) is 0.550. The maximum absolute atomic E-state index is 12.3. The lowest BCUT2D eigenvalue weighted by Crippen LogP contribution is -2.36. The third-order valence-electron chi connectivity index (χ3n) is 4.30. The normalized spacial score (nSPS) is 15.0. The van der Waals surface area contributed by atoms with E-state index < -0.39 is 5.97 Å². The molecule has 1 fully saturated rings. The Balaban J connectivity index is 1.89. The minimum absolute atomic E-state index is 0.0125. The highest BCUT2D eigenvalue weighted by molar-refractivity contribution is 5.96. The SMILES string of the molecule is CC(C)Oc1cc(N2CCOCC2)cc2oc(C(=O)OCCN(C)C)cc12. The minimum atomic E-state index is -0.462. The molecule has 1 aromatic carbocycles. The number of furan rings is 1. The van der Waals surface area contributed by atoms with E-state index in [1.807, 2.05) is 45.0 Å². The Labute approximate surface area is 159 Å². The summed E-state index contributed by atoms with van der Waals surface area (Å²) in [5.41, 5.74) is 1.62. The monoisotopic (exact) mass is 376 g/mol. The first-order valence-electron chi connectivity index (χ1n) is 9.33. The molecule has 0 amide bonds. The number of ether oxygens (including phenoxy) is 3. The van der Waals surface area contributed by atoms with Crippen molar-refractivity contribution in [1.29, 1.82) is 0 Å². The topological polar surface area (TPSA) is 64.4 Å². The van der Waals surface area contributed by atoms with Gasteiger partial charge >= 0.3 is 5.97 Å². The van der Waals surface area contributed by atoms with Gasteiger partial charge in [-0.2, -0.15) is 0 Å². The van der Waals surface area contributed by atoms with E-state index in [1.165, 1.54) is 0 Å². The molecule has 0 bridgehead atoms. The second kappa shape index (κ2) is 8.63. The van der Waals surface area contributed by atoms with Crippen LogP contribution < -0.4 is 9.64 Å². The van der Waals surface area contributed by atoms with Crippen LogP contribution in [0.1, 0.15) is 24.4 Å². The molecule has 0 aliphatic carbocycles.